The van der Waals surface area contributed by atoms with E-state index < -0.39 is 24.5 Å². The highest BCUT2D eigenvalue weighted by Gasteiger charge is 2.23. The van der Waals surface area contributed by atoms with E-state index in [4.69, 9.17) is 32.7 Å². The first-order valence-corrected chi connectivity index (χ1v) is 11.5. The van der Waals surface area contributed by atoms with E-state index in [1.807, 2.05) is 30.3 Å². The molecule has 0 aliphatic rings. The van der Waals surface area contributed by atoms with Gasteiger partial charge in [-0.1, -0.05) is 59.6 Å². The molecule has 0 aliphatic carbocycles. The Labute approximate surface area is 204 Å². The summed E-state index contributed by atoms with van der Waals surface area (Å²) >= 11 is 13.0. The van der Waals surface area contributed by atoms with Gasteiger partial charge in [0.1, 0.15) is 10.6 Å². The van der Waals surface area contributed by atoms with E-state index in [1.165, 1.54) is 23.5 Å². The van der Waals surface area contributed by atoms with E-state index in [-0.39, 0.29) is 12.2 Å². The second kappa shape index (κ2) is 11.7. The van der Waals surface area contributed by atoms with Crippen LogP contribution in [0.4, 0.5) is 5.00 Å². The fraction of sp³-hybridized carbons (Fsp3) is 0.125. The van der Waals surface area contributed by atoms with Gasteiger partial charge < -0.3 is 14.8 Å². The molecule has 2 aromatic carbocycles. The number of rotatable bonds is 8. The number of esters is 2. The summed E-state index contributed by atoms with van der Waals surface area (Å²) in [6.07, 6.45) is 2.67. The number of halogens is 2. The molecule has 0 radical (unpaired) electrons. The fourth-order valence-corrected chi connectivity index (χ4v) is 4.09. The van der Waals surface area contributed by atoms with Gasteiger partial charge in [0, 0.05) is 17.0 Å². The molecule has 1 aromatic heterocycles. The lowest BCUT2D eigenvalue weighted by Crippen LogP contribution is -2.21. The molecule has 0 spiro atoms. The topological polar surface area (TPSA) is 81.7 Å². The number of ether oxygens (including phenoxy) is 2. The Bertz CT molecular complexity index is 1190. The molecule has 0 aliphatic heterocycles. The molecule has 0 unspecified atom stereocenters. The molecule has 1 N–H and O–H groups in total. The minimum absolute atomic E-state index is 0.194. The van der Waals surface area contributed by atoms with Gasteiger partial charge in [0.25, 0.3) is 5.91 Å². The zero-order valence-electron chi connectivity index (χ0n) is 17.5. The molecule has 6 nitrogen and oxygen atoms in total. The van der Waals surface area contributed by atoms with Crippen LogP contribution in [0.1, 0.15) is 22.8 Å². The zero-order valence-corrected chi connectivity index (χ0v) is 19.8. The first kappa shape index (κ1) is 24.5. The monoisotopic (exact) mass is 503 g/mol. The Morgan fingerprint density at radius 1 is 1.03 bits per heavy atom. The Hall–Kier alpha value is -3.13. The fourth-order valence-electron chi connectivity index (χ4n) is 2.81. The van der Waals surface area contributed by atoms with E-state index in [2.05, 4.69) is 5.32 Å². The Morgan fingerprint density at radius 2 is 1.79 bits per heavy atom. The highest BCUT2D eigenvalue weighted by atomic mass is 35.5. The SMILES string of the molecule is CCOC(=O)c1c(-c2ccccc2)csc1NC(=O)COC(=O)C=Cc1ccc(Cl)c(Cl)c1. The largest absolute Gasteiger partial charge is 0.462 e. The number of thiophene rings is 1. The van der Waals surface area contributed by atoms with E-state index in [0.29, 0.717) is 26.2 Å². The zero-order chi connectivity index (χ0) is 23.8. The van der Waals surface area contributed by atoms with Crippen molar-refractivity contribution >= 4 is 63.5 Å². The van der Waals surface area contributed by atoms with Crippen molar-refractivity contribution in [3.8, 4) is 11.1 Å². The summed E-state index contributed by atoms with van der Waals surface area (Å²) in [5.41, 5.74) is 2.37. The van der Waals surface area contributed by atoms with Crippen molar-refractivity contribution in [2.75, 3.05) is 18.5 Å². The summed E-state index contributed by atoms with van der Waals surface area (Å²) in [7, 11) is 0. The molecule has 0 atom stereocenters. The van der Waals surface area contributed by atoms with Crippen molar-refractivity contribution in [3.05, 3.63) is 81.2 Å². The second-order valence-electron chi connectivity index (χ2n) is 6.60. The molecule has 0 bridgehead atoms. The molecular weight excluding hydrogens is 485 g/mol. The van der Waals surface area contributed by atoms with Crippen LogP contribution in [0.25, 0.3) is 17.2 Å². The number of amides is 1. The van der Waals surface area contributed by atoms with Crippen LogP contribution < -0.4 is 5.32 Å². The molecule has 9 heteroatoms. The van der Waals surface area contributed by atoms with Gasteiger partial charge in [0.05, 0.1) is 16.7 Å². The Morgan fingerprint density at radius 3 is 2.48 bits per heavy atom. The molecule has 3 rings (SSSR count). The average molecular weight is 504 g/mol. The third kappa shape index (κ3) is 6.68. The molecule has 33 heavy (non-hydrogen) atoms. The van der Waals surface area contributed by atoms with Gasteiger partial charge in [-0.15, -0.1) is 11.3 Å². The molecule has 170 valence electrons. The van der Waals surface area contributed by atoms with Crippen molar-refractivity contribution in [1.29, 1.82) is 0 Å². The Kier molecular flexibility index (Phi) is 8.65. The summed E-state index contributed by atoms with van der Waals surface area (Å²) in [5, 5.41) is 5.47. The van der Waals surface area contributed by atoms with Gasteiger partial charge in [-0.3, -0.25) is 4.79 Å². The van der Waals surface area contributed by atoms with Gasteiger partial charge in [0.15, 0.2) is 6.61 Å². The van der Waals surface area contributed by atoms with Gasteiger partial charge in [-0.2, -0.15) is 0 Å². The maximum Gasteiger partial charge on any atom is 0.341 e. The van der Waals surface area contributed by atoms with E-state index >= 15 is 0 Å². The highest BCUT2D eigenvalue weighted by molar-refractivity contribution is 7.15. The summed E-state index contributed by atoms with van der Waals surface area (Å²) < 4.78 is 10.1. The maximum absolute atomic E-state index is 12.6. The van der Waals surface area contributed by atoms with Crippen LogP contribution in [0, 0.1) is 0 Å². The predicted octanol–water partition coefficient (Wildman–Crippen LogP) is 6.09. The van der Waals surface area contributed by atoms with Crippen LogP contribution >= 0.6 is 34.5 Å². The van der Waals surface area contributed by atoms with Crippen molar-refractivity contribution in [2.24, 2.45) is 0 Å². The van der Waals surface area contributed by atoms with Crippen LogP contribution in [-0.4, -0.2) is 31.1 Å². The second-order valence-corrected chi connectivity index (χ2v) is 8.30. The molecule has 0 saturated carbocycles. The molecule has 0 fully saturated rings. The lowest BCUT2D eigenvalue weighted by molar-refractivity contribution is -0.142. The highest BCUT2D eigenvalue weighted by Crippen LogP contribution is 2.36. The van der Waals surface area contributed by atoms with Gasteiger partial charge >= 0.3 is 11.9 Å². The summed E-state index contributed by atoms with van der Waals surface area (Å²) in [4.78, 5) is 36.9. The third-order valence-corrected chi connectivity index (χ3v) is 5.94. The lowest BCUT2D eigenvalue weighted by Gasteiger charge is -2.09. The summed E-state index contributed by atoms with van der Waals surface area (Å²) in [5.74, 6) is -1.84. The van der Waals surface area contributed by atoms with Crippen molar-refractivity contribution in [2.45, 2.75) is 6.92 Å². The van der Waals surface area contributed by atoms with Crippen LogP contribution in [-0.2, 0) is 19.1 Å². The van der Waals surface area contributed by atoms with E-state index in [1.54, 1.807) is 30.5 Å². The number of carbonyl (C=O) groups is 3. The molecule has 1 heterocycles. The van der Waals surface area contributed by atoms with Crippen LogP contribution in [0.15, 0.2) is 60.0 Å². The number of hydrogen-bond donors (Lipinski definition) is 1. The quantitative estimate of drug-likeness (QED) is 0.297. The molecular formula is C24H19Cl2NO5S. The standard InChI is InChI=1S/C24H19Cl2NO5S/c1-2-31-24(30)22-17(16-6-4-3-5-7-16)14-33-23(22)27-20(28)13-32-21(29)11-9-15-8-10-18(25)19(26)12-15/h3-12,14H,2,13H2,1H3,(H,27,28). The third-order valence-electron chi connectivity index (χ3n) is 4.31. The molecule has 3 aromatic rings. The molecule has 0 saturated heterocycles. The van der Waals surface area contributed by atoms with Crippen LogP contribution in [0.3, 0.4) is 0 Å². The summed E-state index contributed by atoms with van der Waals surface area (Å²) in [6.45, 7) is 1.38. The normalized spacial score (nSPS) is 10.8. The van der Waals surface area contributed by atoms with Crippen molar-refractivity contribution < 1.29 is 23.9 Å². The number of benzene rings is 2. The Balaban J connectivity index is 1.65. The number of hydrogen-bond acceptors (Lipinski definition) is 6. The first-order chi connectivity index (χ1) is 15.9. The number of anilines is 1. The minimum Gasteiger partial charge on any atom is -0.462 e. The van der Waals surface area contributed by atoms with Crippen LogP contribution in [0.5, 0.6) is 0 Å². The predicted molar refractivity (Wildman–Crippen MR) is 131 cm³/mol. The van der Waals surface area contributed by atoms with E-state index in [9.17, 15) is 14.4 Å². The van der Waals surface area contributed by atoms with Gasteiger partial charge in [-0.25, -0.2) is 9.59 Å². The smallest absolute Gasteiger partial charge is 0.341 e. The minimum atomic E-state index is -0.710. The van der Waals surface area contributed by atoms with Crippen molar-refractivity contribution in [1.82, 2.24) is 0 Å². The lowest BCUT2D eigenvalue weighted by atomic mass is 10.0. The number of carbonyl (C=O) groups excluding carboxylic acids is 3. The van der Waals surface area contributed by atoms with Crippen molar-refractivity contribution in [3.63, 3.8) is 0 Å². The average Bonchev–Trinajstić information content (AvgIpc) is 3.22. The summed E-state index contributed by atoms with van der Waals surface area (Å²) in [6, 6.07) is 14.2. The van der Waals surface area contributed by atoms with E-state index in [0.717, 1.165) is 5.56 Å². The van der Waals surface area contributed by atoms with Crippen LogP contribution in [0.2, 0.25) is 10.0 Å². The van der Waals surface area contributed by atoms with Gasteiger partial charge in [-0.05, 0) is 36.3 Å². The van der Waals surface area contributed by atoms with Gasteiger partial charge in [0.2, 0.25) is 0 Å². The maximum atomic E-state index is 12.6. The molecule has 1 amide bonds. The number of nitrogens with one attached hydrogen (secondary N) is 1. The first-order valence-electron chi connectivity index (χ1n) is 9.82.